The van der Waals surface area contributed by atoms with E-state index in [0.29, 0.717) is 17.1 Å². The number of nitrogens with one attached hydrogen (secondary N) is 2. The van der Waals surface area contributed by atoms with Gasteiger partial charge in [0.1, 0.15) is 22.8 Å². The maximum absolute atomic E-state index is 12.4. The molecule has 0 fully saturated rings. The number of rotatable bonds is 8. The number of amides is 2. The van der Waals surface area contributed by atoms with Crippen molar-refractivity contribution in [3.05, 3.63) is 42.0 Å². The highest BCUT2D eigenvalue weighted by Gasteiger charge is 2.21. The molecule has 0 atom stereocenters. The lowest BCUT2D eigenvalue weighted by Gasteiger charge is -2.14. The van der Waals surface area contributed by atoms with Gasteiger partial charge < -0.3 is 29.6 Å². The van der Waals surface area contributed by atoms with Crippen molar-refractivity contribution in [2.24, 2.45) is 0 Å². The van der Waals surface area contributed by atoms with Crippen LogP contribution in [-0.2, 0) is 14.3 Å². The molecule has 0 saturated heterocycles. The molecule has 0 bridgehead atoms. The van der Waals surface area contributed by atoms with Crippen LogP contribution in [0.25, 0.3) is 0 Å². The fourth-order valence-corrected chi connectivity index (χ4v) is 2.53. The summed E-state index contributed by atoms with van der Waals surface area (Å²) in [7, 11) is 4.26. The molecule has 9 nitrogen and oxygen atoms in total. The van der Waals surface area contributed by atoms with Gasteiger partial charge in [0, 0.05) is 12.6 Å². The number of methoxy groups -OCH3 is 3. The van der Waals surface area contributed by atoms with Crippen LogP contribution in [0.5, 0.6) is 17.2 Å². The standard InChI is InChI=1S/C20H22N2O7/c1-12(23)21-13-8-9-15(26-2)14(10-13)22-18(24)11-29-20(25)19-16(27-3)6-5-7-17(19)28-4/h5-10H,11H2,1-4H3,(H,21,23)(H,22,24). The Morgan fingerprint density at radius 2 is 1.48 bits per heavy atom. The van der Waals surface area contributed by atoms with Crippen LogP contribution in [-0.4, -0.2) is 45.7 Å². The van der Waals surface area contributed by atoms with E-state index in [2.05, 4.69) is 10.6 Å². The third-order valence-corrected chi connectivity index (χ3v) is 3.76. The highest BCUT2D eigenvalue weighted by atomic mass is 16.5. The van der Waals surface area contributed by atoms with Crippen molar-refractivity contribution in [3.63, 3.8) is 0 Å². The largest absolute Gasteiger partial charge is 0.496 e. The normalized spacial score (nSPS) is 9.93. The zero-order valence-corrected chi connectivity index (χ0v) is 16.5. The van der Waals surface area contributed by atoms with Crippen molar-refractivity contribution in [2.75, 3.05) is 38.6 Å². The van der Waals surface area contributed by atoms with Crippen molar-refractivity contribution in [2.45, 2.75) is 6.92 Å². The minimum Gasteiger partial charge on any atom is -0.496 e. The van der Waals surface area contributed by atoms with E-state index >= 15 is 0 Å². The Kier molecular flexibility index (Phi) is 7.41. The highest BCUT2D eigenvalue weighted by molar-refractivity contribution is 5.99. The Labute approximate surface area is 167 Å². The summed E-state index contributed by atoms with van der Waals surface area (Å²) >= 11 is 0. The van der Waals surface area contributed by atoms with Gasteiger partial charge in [0.15, 0.2) is 6.61 Å². The summed E-state index contributed by atoms with van der Waals surface area (Å²) in [5.41, 5.74) is 0.870. The SMILES string of the molecule is COc1ccc(NC(C)=O)cc1NC(=O)COC(=O)c1c(OC)cccc1OC. The number of hydrogen-bond donors (Lipinski definition) is 2. The minimum absolute atomic E-state index is 0.0792. The van der Waals surface area contributed by atoms with Gasteiger partial charge in [0.2, 0.25) is 5.91 Å². The quantitative estimate of drug-likeness (QED) is 0.652. The van der Waals surface area contributed by atoms with Gasteiger partial charge >= 0.3 is 5.97 Å². The van der Waals surface area contributed by atoms with Crippen LogP contribution < -0.4 is 24.8 Å². The van der Waals surface area contributed by atoms with Crippen molar-refractivity contribution < 1.29 is 33.3 Å². The van der Waals surface area contributed by atoms with Crippen LogP contribution in [0.1, 0.15) is 17.3 Å². The predicted octanol–water partition coefficient (Wildman–Crippen LogP) is 2.47. The summed E-state index contributed by atoms with van der Waals surface area (Å²) < 4.78 is 20.6. The van der Waals surface area contributed by atoms with E-state index in [-0.39, 0.29) is 23.0 Å². The highest BCUT2D eigenvalue weighted by Crippen LogP contribution is 2.29. The third-order valence-electron chi connectivity index (χ3n) is 3.76. The van der Waals surface area contributed by atoms with Gasteiger partial charge in [-0.05, 0) is 30.3 Å². The summed E-state index contributed by atoms with van der Waals surface area (Å²) in [5, 5.41) is 5.19. The molecule has 0 aliphatic heterocycles. The lowest BCUT2D eigenvalue weighted by molar-refractivity contribution is -0.119. The van der Waals surface area contributed by atoms with Crippen molar-refractivity contribution in [3.8, 4) is 17.2 Å². The smallest absolute Gasteiger partial charge is 0.346 e. The summed E-state index contributed by atoms with van der Waals surface area (Å²) in [4.78, 5) is 35.9. The number of benzene rings is 2. The van der Waals surface area contributed by atoms with Gasteiger partial charge in [-0.25, -0.2) is 4.79 Å². The second-order valence-corrected chi connectivity index (χ2v) is 5.76. The van der Waals surface area contributed by atoms with Crippen molar-refractivity contribution in [1.29, 1.82) is 0 Å². The molecule has 0 heterocycles. The van der Waals surface area contributed by atoms with E-state index in [1.54, 1.807) is 30.3 Å². The molecule has 0 aliphatic carbocycles. The minimum atomic E-state index is -0.770. The van der Waals surface area contributed by atoms with E-state index in [1.165, 1.54) is 34.3 Å². The molecule has 2 aromatic rings. The molecule has 0 spiro atoms. The molecule has 0 saturated carbocycles. The molecular weight excluding hydrogens is 380 g/mol. The van der Waals surface area contributed by atoms with Crippen LogP contribution in [0.4, 0.5) is 11.4 Å². The Morgan fingerprint density at radius 3 is 2.03 bits per heavy atom. The molecule has 0 aromatic heterocycles. The molecule has 9 heteroatoms. The summed E-state index contributed by atoms with van der Waals surface area (Å²) in [6, 6.07) is 9.57. The Hall–Kier alpha value is -3.75. The van der Waals surface area contributed by atoms with Crippen LogP contribution in [0.2, 0.25) is 0 Å². The Balaban J connectivity index is 2.09. The average molecular weight is 402 g/mol. The fourth-order valence-electron chi connectivity index (χ4n) is 2.53. The zero-order chi connectivity index (χ0) is 21.4. The van der Waals surface area contributed by atoms with Gasteiger partial charge in [0.05, 0.1) is 27.0 Å². The Morgan fingerprint density at radius 1 is 0.862 bits per heavy atom. The first kappa shape index (κ1) is 21.5. The molecule has 0 radical (unpaired) electrons. The number of hydrogen-bond acceptors (Lipinski definition) is 7. The number of anilines is 2. The lowest BCUT2D eigenvalue weighted by atomic mass is 10.2. The van der Waals surface area contributed by atoms with E-state index in [1.807, 2.05) is 0 Å². The first-order valence-corrected chi connectivity index (χ1v) is 8.53. The van der Waals surface area contributed by atoms with Gasteiger partial charge in [-0.3, -0.25) is 9.59 Å². The first-order chi connectivity index (χ1) is 13.9. The molecular formula is C20H22N2O7. The summed E-state index contributed by atoms with van der Waals surface area (Å²) in [6.07, 6.45) is 0. The fraction of sp³-hybridized carbons (Fsp3) is 0.250. The van der Waals surface area contributed by atoms with Gasteiger partial charge in [-0.15, -0.1) is 0 Å². The number of carbonyl (C=O) groups excluding carboxylic acids is 3. The number of carbonyl (C=O) groups is 3. The second kappa shape index (κ2) is 9.98. The lowest BCUT2D eigenvalue weighted by Crippen LogP contribution is -2.22. The second-order valence-electron chi connectivity index (χ2n) is 5.76. The average Bonchev–Trinajstić information content (AvgIpc) is 2.71. The molecule has 2 rings (SSSR count). The maximum atomic E-state index is 12.4. The van der Waals surface area contributed by atoms with Gasteiger partial charge in [-0.1, -0.05) is 6.07 Å². The predicted molar refractivity (Wildman–Crippen MR) is 106 cm³/mol. The van der Waals surface area contributed by atoms with Crippen LogP contribution in [0, 0.1) is 0 Å². The van der Waals surface area contributed by atoms with Crippen LogP contribution >= 0.6 is 0 Å². The van der Waals surface area contributed by atoms with Crippen LogP contribution in [0.15, 0.2) is 36.4 Å². The van der Waals surface area contributed by atoms with E-state index < -0.39 is 18.5 Å². The summed E-state index contributed by atoms with van der Waals surface area (Å²) in [6.45, 7) is 0.821. The molecule has 29 heavy (non-hydrogen) atoms. The number of ether oxygens (including phenoxy) is 4. The topological polar surface area (TPSA) is 112 Å². The maximum Gasteiger partial charge on any atom is 0.346 e. The third kappa shape index (κ3) is 5.61. The molecule has 154 valence electrons. The summed E-state index contributed by atoms with van der Waals surface area (Å²) in [5.74, 6) is -0.713. The molecule has 2 N–H and O–H groups in total. The van der Waals surface area contributed by atoms with Crippen molar-refractivity contribution >= 4 is 29.2 Å². The van der Waals surface area contributed by atoms with Gasteiger partial charge in [-0.2, -0.15) is 0 Å². The van der Waals surface area contributed by atoms with E-state index in [9.17, 15) is 14.4 Å². The monoisotopic (exact) mass is 402 g/mol. The Bertz CT molecular complexity index is 889. The van der Waals surface area contributed by atoms with E-state index in [0.717, 1.165) is 0 Å². The molecule has 0 aliphatic rings. The first-order valence-electron chi connectivity index (χ1n) is 8.53. The van der Waals surface area contributed by atoms with Gasteiger partial charge in [0.25, 0.3) is 5.91 Å². The molecule has 2 aromatic carbocycles. The molecule has 2 amide bonds. The number of esters is 1. The van der Waals surface area contributed by atoms with E-state index in [4.69, 9.17) is 18.9 Å². The van der Waals surface area contributed by atoms with Crippen molar-refractivity contribution in [1.82, 2.24) is 0 Å². The zero-order valence-electron chi connectivity index (χ0n) is 16.5. The van der Waals surface area contributed by atoms with Crippen LogP contribution in [0.3, 0.4) is 0 Å². The molecule has 0 unspecified atom stereocenters.